The van der Waals surface area contributed by atoms with Gasteiger partial charge in [0.15, 0.2) is 0 Å². The highest BCUT2D eigenvalue weighted by molar-refractivity contribution is 6.35. The lowest BCUT2D eigenvalue weighted by atomic mass is 10.1. The summed E-state index contributed by atoms with van der Waals surface area (Å²) < 4.78 is 2.36. The fraction of sp³-hybridized carbons (Fsp3) is 0.533. The van der Waals surface area contributed by atoms with E-state index in [-0.39, 0.29) is 0 Å². The van der Waals surface area contributed by atoms with Crippen molar-refractivity contribution in [2.24, 2.45) is 0 Å². The molecular formula is C15H20ClN3. The van der Waals surface area contributed by atoms with Crippen molar-refractivity contribution in [1.82, 2.24) is 14.5 Å². The van der Waals surface area contributed by atoms with Crippen LogP contribution in [0.1, 0.15) is 31.1 Å². The van der Waals surface area contributed by atoms with Crippen molar-refractivity contribution in [2.75, 3.05) is 20.1 Å². The SMILES string of the molecule is Cc1nc2cccc(Cl)c2n1[C@@H]1CCCN(C)CC1. The van der Waals surface area contributed by atoms with Crippen LogP contribution >= 0.6 is 11.6 Å². The Hall–Kier alpha value is -1.06. The fourth-order valence-electron chi connectivity index (χ4n) is 3.15. The normalized spacial score (nSPS) is 21.7. The molecule has 0 unspecified atom stereocenters. The van der Waals surface area contributed by atoms with E-state index in [9.17, 15) is 0 Å². The molecule has 3 nitrogen and oxygen atoms in total. The second-order valence-electron chi connectivity index (χ2n) is 5.52. The van der Waals surface area contributed by atoms with Gasteiger partial charge in [0.25, 0.3) is 0 Å². The number of imidazole rings is 1. The second-order valence-corrected chi connectivity index (χ2v) is 5.93. The molecule has 0 radical (unpaired) electrons. The predicted molar refractivity (Wildman–Crippen MR) is 79.9 cm³/mol. The first-order valence-corrected chi connectivity index (χ1v) is 7.36. The monoisotopic (exact) mass is 277 g/mol. The minimum absolute atomic E-state index is 0.523. The van der Waals surface area contributed by atoms with Gasteiger partial charge in [-0.2, -0.15) is 0 Å². The number of halogens is 1. The number of aryl methyl sites for hydroxylation is 1. The molecule has 0 N–H and O–H groups in total. The molecule has 0 amide bonds. The maximum atomic E-state index is 6.39. The van der Waals surface area contributed by atoms with Gasteiger partial charge >= 0.3 is 0 Å². The number of likely N-dealkylation sites (tertiary alicyclic amines) is 1. The lowest BCUT2D eigenvalue weighted by Crippen LogP contribution is -2.19. The molecule has 1 fully saturated rings. The molecule has 0 spiro atoms. The van der Waals surface area contributed by atoms with Crippen molar-refractivity contribution in [3.8, 4) is 0 Å². The van der Waals surface area contributed by atoms with Crippen molar-refractivity contribution in [2.45, 2.75) is 32.2 Å². The summed E-state index contributed by atoms with van der Waals surface area (Å²) in [6.45, 7) is 4.43. The Labute approximate surface area is 119 Å². The topological polar surface area (TPSA) is 21.1 Å². The van der Waals surface area contributed by atoms with Gasteiger partial charge in [-0.1, -0.05) is 17.7 Å². The minimum atomic E-state index is 0.523. The molecular weight excluding hydrogens is 258 g/mol. The van der Waals surface area contributed by atoms with E-state index in [1.54, 1.807) is 0 Å². The molecule has 3 rings (SSSR count). The molecule has 4 heteroatoms. The molecule has 1 aromatic carbocycles. The lowest BCUT2D eigenvalue weighted by molar-refractivity contribution is 0.341. The summed E-state index contributed by atoms with van der Waals surface area (Å²) in [5.74, 6) is 1.08. The first kappa shape index (κ1) is 12.9. The van der Waals surface area contributed by atoms with E-state index < -0.39 is 0 Å². The molecule has 0 saturated carbocycles. The summed E-state index contributed by atoms with van der Waals surface area (Å²) in [6, 6.07) is 6.51. The number of benzene rings is 1. The van der Waals surface area contributed by atoms with E-state index in [0.717, 1.165) is 28.4 Å². The molecule has 2 heterocycles. The van der Waals surface area contributed by atoms with Crippen LogP contribution in [0.4, 0.5) is 0 Å². The van der Waals surface area contributed by atoms with Gasteiger partial charge in [0.2, 0.25) is 0 Å². The number of nitrogens with zero attached hydrogens (tertiary/aromatic N) is 3. The molecule has 0 aliphatic carbocycles. The molecule has 102 valence electrons. The quantitative estimate of drug-likeness (QED) is 0.793. The van der Waals surface area contributed by atoms with Gasteiger partial charge < -0.3 is 9.47 Å². The number of hydrogen-bond acceptors (Lipinski definition) is 2. The Bertz CT molecular complexity index is 590. The zero-order valence-corrected chi connectivity index (χ0v) is 12.3. The van der Waals surface area contributed by atoms with Crippen molar-refractivity contribution >= 4 is 22.6 Å². The third-order valence-corrected chi connectivity index (χ3v) is 4.43. The van der Waals surface area contributed by atoms with E-state index in [2.05, 4.69) is 28.4 Å². The summed E-state index contributed by atoms with van der Waals surface area (Å²) in [6.07, 6.45) is 3.63. The molecule has 1 aliphatic heterocycles. The molecule has 19 heavy (non-hydrogen) atoms. The zero-order valence-electron chi connectivity index (χ0n) is 11.6. The van der Waals surface area contributed by atoms with Crippen LogP contribution in [0.25, 0.3) is 11.0 Å². The van der Waals surface area contributed by atoms with Gasteiger partial charge in [-0.25, -0.2) is 4.98 Å². The molecule has 0 bridgehead atoms. The highest BCUT2D eigenvalue weighted by atomic mass is 35.5. The Balaban J connectivity index is 2.06. The molecule has 2 aromatic rings. The zero-order chi connectivity index (χ0) is 13.4. The second kappa shape index (κ2) is 5.14. The van der Waals surface area contributed by atoms with Crippen LogP contribution in [0, 0.1) is 6.92 Å². The van der Waals surface area contributed by atoms with E-state index in [0.29, 0.717) is 6.04 Å². The van der Waals surface area contributed by atoms with E-state index in [1.807, 2.05) is 18.2 Å². The highest BCUT2D eigenvalue weighted by Gasteiger charge is 2.21. The molecule has 1 aromatic heterocycles. The van der Waals surface area contributed by atoms with E-state index in [4.69, 9.17) is 11.6 Å². The Morgan fingerprint density at radius 1 is 1.26 bits per heavy atom. The minimum Gasteiger partial charge on any atom is -0.324 e. The number of fused-ring (bicyclic) bond motifs is 1. The third kappa shape index (κ3) is 2.37. The summed E-state index contributed by atoms with van der Waals surface area (Å²) >= 11 is 6.39. The van der Waals surface area contributed by atoms with Gasteiger partial charge in [0, 0.05) is 6.04 Å². The standard InChI is InChI=1S/C15H20ClN3/c1-11-17-14-7-3-6-13(16)15(14)19(11)12-5-4-9-18(2)10-8-12/h3,6-7,12H,4-5,8-10H2,1-2H3/t12-/m1/s1. The number of hydrogen-bond donors (Lipinski definition) is 0. The van der Waals surface area contributed by atoms with E-state index in [1.165, 1.54) is 25.8 Å². The van der Waals surface area contributed by atoms with Gasteiger partial charge in [0.1, 0.15) is 5.82 Å². The number of para-hydroxylation sites is 1. The van der Waals surface area contributed by atoms with Crippen molar-refractivity contribution in [3.05, 3.63) is 29.0 Å². The smallest absolute Gasteiger partial charge is 0.107 e. The molecule has 1 saturated heterocycles. The average molecular weight is 278 g/mol. The van der Waals surface area contributed by atoms with Crippen LogP contribution in [0.5, 0.6) is 0 Å². The average Bonchev–Trinajstić information content (AvgIpc) is 2.56. The van der Waals surface area contributed by atoms with Crippen LogP contribution in [0.15, 0.2) is 18.2 Å². The third-order valence-electron chi connectivity index (χ3n) is 4.12. The van der Waals surface area contributed by atoms with Crippen LogP contribution in [0.2, 0.25) is 5.02 Å². The van der Waals surface area contributed by atoms with Crippen LogP contribution < -0.4 is 0 Å². The molecule has 1 aliphatic rings. The Morgan fingerprint density at radius 2 is 2.11 bits per heavy atom. The highest BCUT2D eigenvalue weighted by Crippen LogP contribution is 2.31. The number of rotatable bonds is 1. The van der Waals surface area contributed by atoms with E-state index >= 15 is 0 Å². The van der Waals surface area contributed by atoms with Crippen LogP contribution in [-0.2, 0) is 0 Å². The Morgan fingerprint density at radius 3 is 2.95 bits per heavy atom. The Kier molecular flexibility index (Phi) is 3.50. The summed E-state index contributed by atoms with van der Waals surface area (Å²) in [4.78, 5) is 7.08. The molecule has 1 atom stereocenters. The van der Waals surface area contributed by atoms with Gasteiger partial charge in [-0.15, -0.1) is 0 Å². The lowest BCUT2D eigenvalue weighted by Gasteiger charge is -2.19. The van der Waals surface area contributed by atoms with Crippen molar-refractivity contribution in [1.29, 1.82) is 0 Å². The predicted octanol–water partition coefficient (Wildman–Crippen LogP) is 3.65. The maximum Gasteiger partial charge on any atom is 0.107 e. The van der Waals surface area contributed by atoms with Crippen LogP contribution in [0.3, 0.4) is 0 Å². The van der Waals surface area contributed by atoms with Gasteiger partial charge in [-0.05, 0) is 58.5 Å². The number of aromatic nitrogens is 2. The summed E-state index contributed by atoms with van der Waals surface area (Å²) in [7, 11) is 2.20. The van der Waals surface area contributed by atoms with Gasteiger partial charge in [0.05, 0.1) is 16.1 Å². The first-order valence-electron chi connectivity index (χ1n) is 6.98. The maximum absolute atomic E-state index is 6.39. The van der Waals surface area contributed by atoms with Crippen LogP contribution in [-0.4, -0.2) is 34.6 Å². The first-order chi connectivity index (χ1) is 9.16. The van der Waals surface area contributed by atoms with Crippen molar-refractivity contribution < 1.29 is 0 Å². The van der Waals surface area contributed by atoms with Gasteiger partial charge in [-0.3, -0.25) is 0 Å². The summed E-state index contributed by atoms with van der Waals surface area (Å²) in [5.41, 5.74) is 2.12. The fourth-order valence-corrected chi connectivity index (χ4v) is 3.41. The van der Waals surface area contributed by atoms with Crippen molar-refractivity contribution in [3.63, 3.8) is 0 Å². The summed E-state index contributed by atoms with van der Waals surface area (Å²) in [5, 5.41) is 0.815. The largest absolute Gasteiger partial charge is 0.324 e.